The van der Waals surface area contributed by atoms with Crippen molar-refractivity contribution in [2.75, 3.05) is 13.7 Å². The Bertz CT molecular complexity index is 566. The number of halogens is 1. The van der Waals surface area contributed by atoms with Crippen molar-refractivity contribution < 1.29 is 9.13 Å². The van der Waals surface area contributed by atoms with Crippen molar-refractivity contribution in [2.24, 2.45) is 7.05 Å². The van der Waals surface area contributed by atoms with Gasteiger partial charge in [0.1, 0.15) is 0 Å². The number of aryl methyl sites for hydroxylation is 1. The van der Waals surface area contributed by atoms with Gasteiger partial charge in [0.2, 0.25) is 0 Å². The van der Waals surface area contributed by atoms with Crippen molar-refractivity contribution in [3.63, 3.8) is 0 Å². The zero-order chi connectivity index (χ0) is 13.8. The van der Waals surface area contributed by atoms with Gasteiger partial charge in [-0.25, -0.2) is 4.39 Å². The van der Waals surface area contributed by atoms with Crippen LogP contribution < -0.4 is 10.1 Å². The zero-order valence-electron chi connectivity index (χ0n) is 11.4. The van der Waals surface area contributed by atoms with Crippen LogP contribution in [0.2, 0.25) is 0 Å². The molecule has 0 saturated carbocycles. The molecule has 0 bridgehead atoms. The molecule has 0 fully saturated rings. The van der Waals surface area contributed by atoms with Gasteiger partial charge in [-0.3, -0.25) is 4.68 Å². The van der Waals surface area contributed by atoms with Crippen LogP contribution in [-0.4, -0.2) is 23.4 Å². The van der Waals surface area contributed by atoms with Crippen LogP contribution in [0.25, 0.3) is 11.3 Å². The summed E-state index contributed by atoms with van der Waals surface area (Å²) in [7, 11) is 3.31. The molecule has 102 valence electrons. The summed E-state index contributed by atoms with van der Waals surface area (Å²) >= 11 is 0. The van der Waals surface area contributed by atoms with E-state index in [1.807, 2.05) is 26.2 Å². The molecule has 0 spiro atoms. The summed E-state index contributed by atoms with van der Waals surface area (Å²) in [6, 6.07) is 4.90. The van der Waals surface area contributed by atoms with E-state index in [9.17, 15) is 4.39 Å². The van der Waals surface area contributed by atoms with Crippen LogP contribution in [-0.2, 0) is 13.6 Å². The van der Waals surface area contributed by atoms with E-state index in [2.05, 4.69) is 10.4 Å². The van der Waals surface area contributed by atoms with Gasteiger partial charge >= 0.3 is 0 Å². The van der Waals surface area contributed by atoms with Crippen LogP contribution in [0.5, 0.6) is 5.75 Å². The fraction of sp³-hybridized carbons (Fsp3) is 0.357. The highest BCUT2D eigenvalue weighted by molar-refractivity contribution is 5.63. The number of rotatable bonds is 5. The van der Waals surface area contributed by atoms with Crippen molar-refractivity contribution in [1.82, 2.24) is 15.1 Å². The zero-order valence-corrected chi connectivity index (χ0v) is 11.4. The van der Waals surface area contributed by atoms with Crippen LogP contribution >= 0.6 is 0 Å². The highest BCUT2D eigenvalue weighted by Crippen LogP contribution is 2.26. The normalized spacial score (nSPS) is 10.7. The second-order valence-electron chi connectivity index (χ2n) is 4.31. The minimum absolute atomic E-state index is 0.243. The van der Waals surface area contributed by atoms with Gasteiger partial charge in [-0.1, -0.05) is 6.92 Å². The number of nitrogens with zero attached hydrogens (tertiary/aromatic N) is 2. The Morgan fingerprint density at radius 2 is 2.21 bits per heavy atom. The summed E-state index contributed by atoms with van der Waals surface area (Å²) < 4.78 is 20.4. The third kappa shape index (κ3) is 2.93. The SMILES string of the molecule is CCNCc1cn(C)nc1-c1ccc(OC)c(F)c1. The summed E-state index contributed by atoms with van der Waals surface area (Å²) in [5.41, 5.74) is 2.60. The molecule has 0 aliphatic heterocycles. The lowest BCUT2D eigenvalue weighted by atomic mass is 10.1. The molecule has 1 heterocycles. The van der Waals surface area contributed by atoms with Crippen LogP contribution in [0.15, 0.2) is 24.4 Å². The molecule has 19 heavy (non-hydrogen) atoms. The fourth-order valence-electron chi connectivity index (χ4n) is 1.98. The molecular formula is C14H18FN3O. The highest BCUT2D eigenvalue weighted by atomic mass is 19.1. The Kier molecular flexibility index (Phi) is 4.16. The first kappa shape index (κ1) is 13.5. The summed E-state index contributed by atoms with van der Waals surface area (Å²) in [6.07, 6.45) is 1.94. The first-order chi connectivity index (χ1) is 9.15. The Balaban J connectivity index is 2.37. The molecule has 1 aromatic carbocycles. The van der Waals surface area contributed by atoms with Crippen molar-refractivity contribution >= 4 is 0 Å². The molecule has 2 aromatic rings. The van der Waals surface area contributed by atoms with Gasteiger partial charge in [0.25, 0.3) is 0 Å². The number of benzene rings is 1. The molecular weight excluding hydrogens is 245 g/mol. The first-order valence-electron chi connectivity index (χ1n) is 6.22. The van der Waals surface area contributed by atoms with Gasteiger partial charge in [0.05, 0.1) is 12.8 Å². The molecule has 0 radical (unpaired) electrons. The van der Waals surface area contributed by atoms with Crippen molar-refractivity contribution in [1.29, 1.82) is 0 Å². The molecule has 2 rings (SSSR count). The molecule has 0 amide bonds. The molecule has 0 unspecified atom stereocenters. The minimum Gasteiger partial charge on any atom is -0.494 e. The quantitative estimate of drug-likeness (QED) is 0.900. The lowest BCUT2D eigenvalue weighted by Crippen LogP contribution is -2.11. The average Bonchev–Trinajstić information content (AvgIpc) is 2.77. The number of ether oxygens (including phenoxy) is 1. The standard InChI is InChI=1S/C14H18FN3O/c1-4-16-8-11-9-18(2)17-14(11)10-5-6-13(19-3)12(15)7-10/h5-7,9,16H,4,8H2,1-3H3. The fourth-order valence-corrected chi connectivity index (χ4v) is 1.98. The first-order valence-corrected chi connectivity index (χ1v) is 6.22. The molecule has 0 aliphatic rings. The van der Waals surface area contributed by atoms with E-state index in [4.69, 9.17) is 4.74 Å². The number of nitrogens with one attached hydrogen (secondary N) is 1. The Morgan fingerprint density at radius 1 is 1.42 bits per heavy atom. The van der Waals surface area contributed by atoms with Gasteiger partial charge in [-0.05, 0) is 24.7 Å². The van der Waals surface area contributed by atoms with Crippen LogP contribution in [0.4, 0.5) is 4.39 Å². The maximum Gasteiger partial charge on any atom is 0.165 e. The van der Waals surface area contributed by atoms with Crippen LogP contribution in [0.1, 0.15) is 12.5 Å². The molecule has 0 saturated heterocycles. The lowest BCUT2D eigenvalue weighted by molar-refractivity contribution is 0.386. The minimum atomic E-state index is -0.375. The average molecular weight is 263 g/mol. The van der Waals surface area contributed by atoms with Gasteiger partial charge in [-0.15, -0.1) is 0 Å². The Hall–Kier alpha value is -1.88. The van der Waals surface area contributed by atoms with Gasteiger partial charge in [0.15, 0.2) is 11.6 Å². The van der Waals surface area contributed by atoms with E-state index >= 15 is 0 Å². The highest BCUT2D eigenvalue weighted by Gasteiger charge is 2.12. The maximum atomic E-state index is 13.8. The predicted molar refractivity (Wildman–Crippen MR) is 72.5 cm³/mol. The van der Waals surface area contributed by atoms with Gasteiger partial charge in [0, 0.05) is 30.9 Å². The van der Waals surface area contributed by atoms with E-state index in [0.29, 0.717) is 6.54 Å². The second kappa shape index (κ2) is 5.84. The Labute approximate surface area is 112 Å². The largest absolute Gasteiger partial charge is 0.494 e. The van der Waals surface area contributed by atoms with Gasteiger partial charge < -0.3 is 10.1 Å². The van der Waals surface area contributed by atoms with E-state index in [1.165, 1.54) is 13.2 Å². The third-order valence-corrected chi connectivity index (χ3v) is 2.90. The second-order valence-corrected chi connectivity index (χ2v) is 4.31. The topological polar surface area (TPSA) is 39.1 Å². The van der Waals surface area contributed by atoms with E-state index in [1.54, 1.807) is 10.7 Å². The molecule has 4 nitrogen and oxygen atoms in total. The molecule has 0 aliphatic carbocycles. The van der Waals surface area contributed by atoms with Crippen molar-refractivity contribution in [3.05, 3.63) is 35.8 Å². The Morgan fingerprint density at radius 3 is 2.84 bits per heavy atom. The number of methoxy groups -OCH3 is 1. The lowest BCUT2D eigenvalue weighted by Gasteiger charge is -2.06. The van der Waals surface area contributed by atoms with Crippen LogP contribution in [0, 0.1) is 5.82 Å². The molecule has 1 aromatic heterocycles. The van der Waals surface area contributed by atoms with Crippen molar-refractivity contribution in [3.8, 4) is 17.0 Å². The molecule has 1 N–H and O–H groups in total. The van der Waals surface area contributed by atoms with E-state index in [-0.39, 0.29) is 11.6 Å². The summed E-state index contributed by atoms with van der Waals surface area (Å²) in [4.78, 5) is 0. The predicted octanol–water partition coefficient (Wildman–Crippen LogP) is 2.34. The monoisotopic (exact) mass is 263 g/mol. The summed E-state index contributed by atoms with van der Waals surface area (Å²) in [5.74, 6) is -0.132. The molecule has 0 atom stereocenters. The van der Waals surface area contributed by atoms with Crippen molar-refractivity contribution in [2.45, 2.75) is 13.5 Å². The third-order valence-electron chi connectivity index (χ3n) is 2.90. The van der Waals surface area contributed by atoms with E-state index in [0.717, 1.165) is 23.4 Å². The molecule has 5 heteroatoms. The number of hydrogen-bond donors (Lipinski definition) is 1. The summed E-state index contributed by atoms with van der Waals surface area (Å²) in [6.45, 7) is 3.64. The maximum absolute atomic E-state index is 13.8. The number of aromatic nitrogens is 2. The smallest absolute Gasteiger partial charge is 0.165 e. The van der Waals surface area contributed by atoms with Crippen LogP contribution in [0.3, 0.4) is 0 Å². The summed E-state index contributed by atoms with van der Waals surface area (Å²) in [5, 5.41) is 7.65. The van der Waals surface area contributed by atoms with E-state index < -0.39 is 0 Å². The van der Waals surface area contributed by atoms with Gasteiger partial charge in [-0.2, -0.15) is 5.10 Å². The number of hydrogen-bond acceptors (Lipinski definition) is 3.